The Morgan fingerprint density at radius 2 is 1.89 bits per heavy atom. The summed E-state index contributed by atoms with van der Waals surface area (Å²) in [5.74, 6) is 2.63. The van der Waals surface area contributed by atoms with E-state index in [4.69, 9.17) is 28.7 Å². The van der Waals surface area contributed by atoms with Crippen molar-refractivity contribution in [1.29, 1.82) is 0 Å². The lowest BCUT2D eigenvalue weighted by atomic mass is 9.64. The number of hydrogen-bond donors (Lipinski definition) is 0. The summed E-state index contributed by atoms with van der Waals surface area (Å²) in [6.07, 6.45) is 7.76. The van der Waals surface area contributed by atoms with Gasteiger partial charge in [-0.05, 0) is 79.3 Å². The van der Waals surface area contributed by atoms with Gasteiger partial charge < -0.3 is 28.5 Å². The van der Waals surface area contributed by atoms with Gasteiger partial charge in [0.25, 0.3) is 0 Å². The summed E-state index contributed by atoms with van der Waals surface area (Å²) in [6, 6.07) is 2.23. The van der Waals surface area contributed by atoms with Crippen molar-refractivity contribution in [3.8, 4) is 17.4 Å². The van der Waals surface area contributed by atoms with Crippen LogP contribution in [0.2, 0.25) is 0 Å². The van der Waals surface area contributed by atoms with Crippen LogP contribution in [0.5, 0.6) is 5.88 Å². The third kappa shape index (κ3) is 5.58. The molecule has 5 aliphatic rings. The summed E-state index contributed by atoms with van der Waals surface area (Å²) in [6.45, 7) is 9.70. The van der Waals surface area contributed by atoms with E-state index in [1.54, 1.807) is 0 Å². The molecule has 0 unspecified atom stereocenters. The number of likely N-dealkylation sites (tertiary alicyclic amines) is 1. The molecule has 12 heteroatoms. The van der Waals surface area contributed by atoms with Crippen LogP contribution in [0.1, 0.15) is 83.5 Å². The molecule has 2 aromatic heterocycles. The van der Waals surface area contributed by atoms with Crippen LogP contribution in [0.4, 0.5) is 10.6 Å². The van der Waals surface area contributed by atoms with Crippen LogP contribution in [0.15, 0.2) is 10.6 Å². The molecule has 0 aromatic carbocycles. The van der Waals surface area contributed by atoms with E-state index in [1.165, 1.54) is 0 Å². The highest BCUT2D eigenvalue weighted by atomic mass is 16.6. The van der Waals surface area contributed by atoms with E-state index in [0.717, 1.165) is 63.5 Å². The van der Waals surface area contributed by atoms with E-state index in [1.807, 2.05) is 31.7 Å². The fraction of sp³-hybridized carbons (Fsp3) is 0.727. The number of anilines is 1. The van der Waals surface area contributed by atoms with Crippen LogP contribution in [0.25, 0.3) is 11.5 Å². The van der Waals surface area contributed by atoms with Crippen LogP contribution in [0, 0.1) is 0 Å². The number of nitrogens with zero attached hydrogens (tertiary/aromatic N) is 6. The average Bonchev–Trinajstić information content (AvgIpc) is 3.62. The minimum absolute atomic E-state index is 0.271. The predicted octanol–water partition coefficient (Wildman–Crippen LogP) is 4.15. The van der Waals surface area contributed by atoms with Gasteiger partial charge in [-0.3, -0.25) is 9.69 Å². The Hall–Kier alpha value is -3.25. The molecule has 2 aliphatic carbocycles. The number of rotatable bonds is 5. The van der Waals surface area contributed by atoms with E-state index >= 15 is 0 Å². The molecule has 0 bridgehead atoms. The Morgan fingerprint density at radius 1 is 1.07 bits per heavy atom. The minimum Gasteiger partial charge on any atom is -0.476 e. The van der Waals surface area contributed by atoms with Crippen molar-refractivity contribution >= 4 is 17.7 Å². The number of piperazine rings is 1. The van der Waals surface area contributed by atoms with Gasteiger partial charge in [0.2, 0.25) is 5.88 Å². The maximum atomic E-state index is 13.3. The zero-order valence-corrected chi connectivity index (χ0v) is 27.1. The van der Waals surface area contributed by atoms with Crippen molar-refractivity contribution < 1.29 is 28.3 Å². The molecule has 3 saturated heterocycles. The van der Waals surface area contributed by atoms with Crippen LogP contribution in [-0.2, 0) is 26.1 Å². The normalized spacial score (nSPS) is 26.7. The molecule has 244 valence electrons. The maximum Gasteiger partial charge on any atom is 0.411 e. The molecule has 7 rings (SSSR count). The number of carbonyl (C=O) groups excluding carboxylic acids is 2. The first-order chi connectivity index (χ1) is 21.6. The number of Topliss-reactive ketones (excluding diaryl/α,β-unsaturated/α-hetero) is 1. The molecule has 1 saturated carbocycles. The number of ketones is 1. The fourth-order valence-electron chi connectivity index (χ4n) is 7.86. The van der Waals surface area contributed by atoms with Crippen LogP contribution in [-0.4, -0.2) is 107 Å². The number of fused-ring (bicyclic) bond motifs is 2. The standard InChI is InChI=1S/C33H46N6O6/c1-31(2,3)44-30(41)39-16-15-38(19-32(39)20-42-21-32)25-17-26(43-18-22-9-8-14-37(22)4)35-29(34-25)27-23-10-7-13-33(28(23)45-36-27)12-6-5-11-24(33)40/h17,22H,5-16,18-21H2,1-4H3/t22-,33+/m0/s1. The highest BCUT2D eigenvalue weighted by molar-refractivity contribution is 5.91. The lowest BCUT2D eigenvalue weighted by Gasteiger charge is -2.54. The summed E-state index contributed by atoms with van der Waals surface area (Å²) >= 11 is 0. The number of likely N-dealkylation sites (N-methyl/N-ethyl adjacent to an activating group) is 1. The Balaban J connectivity index is 1.21. The molecule has 0 radical (unpaired) electrons. The highest BCUT2D eigenvalue weighted by Crippen LogP contribution is 2.47. The second-order valence-electron chi connectivity index (χ2n) is 14.7. The van der Waals surface area contributed by atoms with E-state index in [0.29, 0.717) is 80.9 Å². The second kappa shape index (κ2) is 11.5. The molecule has 2 atom stereocenters. The zero-order chi connectivity index (χ0) is 31.4. The molecular formula is C33H46N6O6. The van der Waals surface area contributed by atoms with Gasteiger partial charge in [0.1, 0.15) is 29.3 Å². The Morgan fingerprint density at radius 3 is 2.60 bits per heavy atom. The van der Waals surface area contributed by atoms with Crippen molar-refractivity contribution in [2.24, 2.45) is 0 Å². The molecule has 0 N–H and O–H groups in total. The smallest absolute Gasteiger partial charge is 0.411 e. The molecule has 3 aliphatic heterocycles. The van der Waals surface area contributed by atoms with Gasteiger partial charge in [0.15, 0.2) is 17.3 Å². The third-order valence-corrected chi connectivity index (χ3v) is 10.4. The van der Waals surface area contributed by atoms with Gasteiger partial charge in [-0.1, -0.05) is 11.6 Å². The largest absolute Gasteiger partial charge is 0.476 e. The van der Waals surface area contributed by atoms with Crippen molar-refractivity contribution in [3.05, 3.63) is 17.4 Å². The van der Waals surface area contributed by atoms with Gasteiger partial charge in [-0.25, -0.2) is 9.78 Å². The first kappa shape index (κ1) is 30.4. The van der Waals surface area contributed by atoms with Crippen LogP contribution < -0.4 is 9.64 Å². The number of aromatic nitrogens is 3. The number of amides is 1. The molecular weight excluding hydrogens is 576 g/mol. The summed E-state index contributed by atoms with van der Waals surface area (Å²) in [5, 5.41) is 4.53. The van der Waals surface area contributed by atoms with Crippen LogP contribution in [0.3, 0.4) is 0 Å². The van der Waals surface area contributed by atoms with Gasteiger partial charge in [0, 0.05) is 43.7 Å². The zero-order valence-electron chi connectivity index (χ0n) is 27.1. The first-order valence-corrected chi connectivity index (χ1v) is 16.7. The van der Waals surface area contributed by atoms with E-state index in [2.05, 4.69) is 22.0 Å². The Bertz CT molecular complexity index is 1450. The highest BCUT2D eigenvalue weighted by Gasteiger charge is 2.52. The Kier molecular flexibility index (Phi) is 7.79. The molecule has 2 aromatic rings. The van der Waals surface area contributed by atoms with Crippen molar-refractivity contribution in [2.75, 3.05) is 57.9 Å². The number of hydrogen-bond acceptors (Lipinski definition) is 11. The predicted molar refractivity (Wildman–Crippen MR) is 165 cm³/mol. The van der Waals surface area contributed by atoms with Gasteiger partial charge in [-0.2, -0.15) is 4.98 Å². The SMILES string of the molecule is CN1CCC[C@H]1COc1cc(N2CCN(C(=O)OC(C)(C)C)C3(COC3)C2)nc(-c2noc3c2CCC[C@@]32CCCCC2=O)n1. The van der Waals surface area contributed by atoms with Gasteiger partial charge in [-0.15, -0.1) is 0 Å². The van der Waals surface area contributed by atoms with Crippen LogP contribution >= 0.6 is 0 Å². The quantitative estimate of drug-likeness (QED) is 0.478. The van der Waals surface area contributed by atoms with Gasteiger partial charge in [0.05, 0.1) is 18.6 Å². The number of carbonyl (C=O) groups is 2. The molecule has 45 heavy (non-hydrogen) atoms. The van der Waals surface area contributed by atoms with Gasteiger partial charge >= 0.3 is 6.09 Å². The van der Waals surface area contributed by atoms with Crippen molar-refractivity contribution in [1.82, 2.24) is 24.9 Å². The lowest BCUT2D eigenvalue weighted by Crippen LogP contribution is -2.73. The minimum atomic E-state index is -0.585. The lowest BCUT2D eigenvalue weighted by molar-refractivity contribution is -0.138. The maximum absolute atomic E-state index is 13.3. The second-order valence-corrected chi connectivity index (χ2v) is 14.7. The summed E-state index contributed by atoms with van der Waals surface area (Å²) in [7, 11) is 2.13. The third-order valence-electron chi connectivity index (χ3n) is 10.4. The molecule has 12 nitrogen and oxygen atoms in total. The fourth-order valence-corrected chi connectivity index (χ4v) is 7.86. The summed E-state index contributed by atoms with van der Waals surface area (Å²) in [4.78, 5) is 42.7. The summed E-state index contributed by atoms with van der Waals surface area (Å²) in [5.41, 5.74) is -0.107. The van der Waals surface area contributed by atoms with E-state index < -0.39 is 16.6 Å². The molecule has 5 heterocycles. The van der Waals surface area contributed by atoms with E-state index in [9.17, 15) is 9.59 Å². The number of ether oxygens (including phenoxy) is 3. The van der Waals surface area contributed by atoms with Crippen molar-refractivity contribution in [3.63, 3.8) is 0 Å². The molecule has 1 amide bonds. The molecule has 2 spiro atoms. The average molecular weight is 623 g/mol. The van der Waals surface area contributed by atoms with E-state index in [-0.39, 0.29) is 11.9 Å². The molecule has 4 fully saturated rings. The monoisotopic (exact) mass is 622 g/mol. The van der Waals surface area contributed by atoms with Crippen molar-refractivity contribution in [2.45, 2.75) is 101 Å². The summed E-state index contributed by atoms with van der Waals surface area (Å²) < 4.78 is 23.8. The first-order valence-electron chi connectivity index (χ1n) is 16.7. The topological polar surface area (TPSA) is 123 Å². The Labute approximate surface area is 264 Å².